The molecule has 4 N–H and O–H groups in total. The Balaban J connectivity index is 1.29. The molecule has 2 unspecified atom stereocenters. The molecule has 45 heavy (non-hydrogen) atoms. The number of primary amides is 1. The van der Waals surface area contributed by atoms with E-state index in [0.29, 0.717) is 52.6 Å². The van der Waals surface area contributed by atoms with Crippen molar-refractivity contribution in [1.29, 1.82) is 0 Å². The number of nitrogens with two attached hydrogens (primary N) is 1. The first-order valence-corrected chi connectivity index (χ1v) is 15.2. The normalized spacial score (nSPS) is 17.1. The summed E-state index contributed by atoms with van der Waals surface area (Å²) < 4.78 is 46.1. The van der Waals surface area contributed by atoms with E-state index in [1.165, 1.54) is 43.5 Å². The van der Waals surface area contributed by atoms with Gasteiger partial charge in [0.2, 0.25) is 11.8 Å². The van der Waals surface area contributed by atoms with E-state index in [2.05, 4.69) is 28.2 Å². The first kappa shape index (κ1) is 32.0. The fourth-order valence-electron chi connectivity index (χ4n) is 5.22. The minimum Gasteiger partial charge on any atom is -0.493 e. The van der Waals surface area contributed by atoms with Crippen LogP contribution in [0.4, 0.5) is 14.5 Å². The van der Waals surface area contributed by atoms with Gasteiger partial charge in [0.25, 0.3) is 0 Å². The Labute approximate surface area is 264 Å². The van der Waals surface area contributed by atoms with Crippen LogP contribution in [0.1, 0.15) is 30.7 Å². The number of halogens is 2. The van der Waals surface area contributed by atoms with Crippen LogP contribution in [0.5, 0.6) is 23.0 Å². The zero-order valence-electron chi connectivity index (χ0n) is 24.6. The summed E-state index contributed by atoms with van der Waals surface area (Å²) in [5.74, 6) is -1.09. The molecule has 1 aliphatic rings. The quantitative estimate of drug-likeness (QED) is 0.0762. The largest absolute Gasteiger partial charge is 0.493 e. The molecule has 12 heteroatoms. The Morgan fingerprint density at radius 2 is 1.80 bits per heavy atom. The minimum atomic E-state index is -1.55. The average molecular weight is 637 g/mol. The van der Waals surface area contributed by atoms with Gasteiger partial charge in [0.15, 0.2) is 23.1 Å². The lowest BCUT2D eigenvalue weighted by atomic mass is 9.96. The molecule has 236 valence electrons. The molecule has 3 aromatic carbocycles. The molecule has 0 radical (unpaired) electrons. The molecule has 0 bridgehead atoms. The van der Waals surface area contributed by atoms with Crippen LogP contribution in [0, 0.1) is 17.0 Å². The number of pyridine rings is 1. The first-order valence-electron chi connectivity index (χ1n) is 14.5. The second-order valence-corrected chi connectivity index (χ2v) is 11.2. The molecule has 1 aliphatic carbocycles. The van der Waals surface area contributed by atoms with Crippen molar-refractivity contribution in [3.05, 3.63) is 84.1 Å². The monoisotopic (exact) mass is 636 g/mol. The summed E-state index contributed by atoms with van der Waals surface area (Å²) in [6, 6.07) is 14.5. The Bertz CT molecular complexity index is 1690. The van der Waals surface area contributed by atoms with Crippen molar-refractivity contribution in [3.8, 4) is 23.0 Å². The first-order chi connectivity index (χ1) is 21.8. The smallest absolute Gasteiger partial charge is 0.240 e. The van der Waals surface area contributed by atoms with Gasteiger partial charge in [-0.3, -0.25) is 14.6 Å². The number of carbonyl (C=O) groups is 2. The second kappa shape index (κ2) is 14.1. The third kappa shape index (κ3) is 7.12. The molecular weight excluding hydrogens is 602 g/mol. The molecule has 2 atom stereocenters. The molecule has 9 nitrogen and oxygen atoms in total. The lowest BCUT2D eigenvalue weighted by molar-refractivity contribution is -0.132. The summed E-state index contributed by atoms with van der Waals surface area (Å²) in [6.07, 6.45) is 3.76. The Morgan fingerprint density at radius 1 is 1.00 bits per heavy atom. The minimum absolute atomic E-state index is 0.0596. The predicted molar refractivity (Wildman–Crippen MR) is 170 cm³/mol. The van der Waals surface area contributed by atoms with Crippen LogP contribution in [0.2, 0.25) is 0 Å². The van der Waals surface area contributed by atoms with Crippen molar-refractivity contribution in [2.75, 3.05) is 37.9 Å². The van der Waals surface area contributed by atoms with Crippen molar-refractivity contribution < 1.29 is 32.6 Å². The summed E-state index contributed by atoms with van der Waals surface area (Å²) >= 11 is 4.22. The van der Waals surface area contributed by atoms with Crippen LogP contribution in [0.15, 0.2) is 66.9 Å². The Kier molecular flexibility index (Phi) is 10.0. The number of hydrogen-bond donors (Lipinski definition) is 4. The van der Waals surface area contributed by atoms with Crippen molar-refractivity contribution in [1.82, 2.24) is 10.3 Å². The number of amides is 2. The highest BCUT2D eigenvalue weighted by Crippen LogP contribution is 2.60. The molecule has 1 heterocycles. The van der Waals surface area contributed by atoms with E-state index in [1.54, 1.807) is 30.5 Å². The van der Waals surface area contributed by atoms with Gasteiger partial charge in [-0.2, -0.15) is 12.6 Å². The van der Waals surface area contributed by atoms with Crippen LogP contribution in [-0.4, -0.2) is 49.4 Å². The lowest BCUT2D eigenvalue weighted by Crippen LogP contribution is -2.37. The summed E-state index contributed by atoms with van der Waals surface area (Å²) in [6.45, 7) is 1.99. The van der Waals surface area contributed by atoms with Crippen molar-refractivity contribution >= 4 is 41.0 Å². The highest BCUT2D eigenvalue weighted by atomic mass is 32.1. The maximum absolute atomic E-state index is 15.4. The molecule has 0 spiro atoms. The number of carbonyl (C=O) groups excluding carboxylic acids is 2. The number of unbranched alkanes of at least 4 members (excludes halogenated alkanes) is 1. The molecule has 4 aromatic rings. The van der Waals surface area contributed by atoms with Gasteiger partial charge in [-0.15, -0.1) is 0 Å². The molecule has 1 fully saturated rings. The van der Waals surface area contributed by atoms with E-state index in [-0.39, 0.29) is 12.2 Å². The summed E-state index contributed by atoms with van der Waals surface area (Å²) in [5.41, 5.74) is 5.40. The maximum atomic E-state index is 15.4. The number of thiol groups is 1. The Hall–Kier alpha value is -4.42. The topological polar surface area (TPSA) is 125 Å². The zero-order valence-corrected chi connectivity index (χ0v) is 25.5. The van der Waals surface area contributed by atoms with Gasteiger partial charge in [-0.1, -0.05) is 6.07 Å². The number of hydrogen-bond acceptors (Lipinski definition) is 8. The molecule has 0 aliphatic heterocycles. The standard InChI is InChI=1S/C33H34F2N4O5S/c1-42-29-17-23-26(18-30(29)43-14-13-37-11-2-3-15-45)38-12-10-27(23)44-28-9-4-20(16-25(28)35)24-19-33(24,31(36)40)32(41)39-22-7-5-21(34)6-8-22/h4-10,12,16-18,24,37,45H,2-3,11,13-15,19H2,1H3,(H2,36,40)(H,39,41). The van der Waals surface area contributed by atoms with Crippen LogP contribution in [0.25, 0.3) is 10.9 Å². The predicted octanol–water partition coefficient (Wildman–Crippen LogP) is 5.59. The summed E-state index contributed by atoms with van der Waals surface area (Å²) in [5, 5.41) is 6.52. The van der Waals surface area contributed by atoms with Crippen LogP contribution in [-0.2, 0) is 9.59 Å². The zero-order chi connectivity index (χ0) is 32.0. The van der Waals surface area contributed by atoms with Gasteiger partial charge >= 0.3 is 0 Å². The number of nitrogens with zero attached hydrogens (tertiary/aromatic N) is 1. The number of aromatic nitrogens is 1. The lowest BCUT2D eigenvalue weighted by Gasteiger charge is -2.16. The van der Waals surface area contributed by atoms with E-state index in [0.717, 1.165) is 25.1 Å². The van der Waals surface area contributed by atoms with E-state index >= 15 is 4.39 Å². The van der Waals surface area contributed by atoms with Gasteiger partial charge in [0.05, 0.1) is 12.6 Å². The van der Waals surface area contributed by atoms with Crippen LogP contribution in [0.3, 0.4) is 0 Å². The Morgan fingerprint density at radius 3 is 2.51 bits per heavy atom. The van der Waals surface area contributed by atoms with E-state index in [1.807, 2.05) is 0 Å². The van der Waals surface area contributed by atoms with Gasteiger partial charge in [0, 0.05) is 35.8 Å². The van der Waals surface area contributed by atoms with E-state index in [4.69, 9.17) is 19.9 Å². The summed E-state index contributed by atoms with van der Waals surface area (Å²) in [4.78, 5) is 29.9. The molecule has 2 amide bonds. The van der Waals surface area contributed by atoms with E-state index in [9.17, 15) is 14.0 Å². The second-order valence-electron chi connectivity index (χ2n) is 10.7. The maximum Gasteiger partial charge on any atom is 0.240 e. The molecule has 0 saturated heterocycles. The number of rotatable bonds is 15. The van der Waals surface area contributed by atoms with Crippen molar-refractivity contribution in [3.63, 3.8) is 0 Å². The number of anilines is 1. The fraction of sp³-hybridized carbons (Fsp3) is 0.303. The molecule has 1 saturated carbocycles. The van der Waals surface area contributed by atoms with Crippen LogP contribution >= 0.6 is 12.6 Å². The third-order valence-corrected chi connectivity index (χ3v) is 8.09. The number of benzene rings is 3. The third-order valence-electron chi connectivity index (χ3n) is 7.77. The van der Waals surface area contributed by atoms with E-state index < -0.39 is 34.8 Å². The number of ether oxygens (including phenoxy) is 3. The highest BCUT2D eigenvalue weighted by molar-refractivity contribution is 7.80. The number of fused-ring (bicyclic) bond motifs is 1. The molecule has 1 aromatic heterocycles. The van der Waals surface area contributed by atoms with Gasteiger partial charge in [-0.25, -0.2) is 8.78 Å². The SMILES string of the molecule is COc1cc2c(Oc3ccc(C4CC4(C(N)=O)C(=O)Nc4ccc(F)cc4)cc3F)ccnc2cc1OCCNCCCCS. The number of nitrogens with one attached hydrogen (secondary N) is 2. The molecule has 5 rings (SSSR count). The van der Waals surface area contributed by atoms with Gasteiger partial charge < -0.3 is 30.6 Å². The number of methoxy groups -OCH3 is 1. The molecular formula is C33H34F2N4O5S. The summed E-state index contributed by atoms with van der Waals surface area (Å²) in [7, 11) is 1.53. The van der Waals surface area contributed by atoms with Crippen molar-refractivity contribution in [2.24, 2.45) is 11.1 Å². The highest BCUT2D eigenvalue weighted by Gasteiger charge is 2.65. The average Bonchev–Trinajstić information content (AvgIpc) is 3.80. The fourth-order valence-corrected chi connectivity index (χ4v) is 5.44. The van der Waals surface area contributed by atoms with Gasteiger partial charge in [0.1, 0.15) is 23.6 Å². The van der Waals surface area contributed by atoms with Crippen molar-refractivity contribution in [2.45, 2.75) is 25.2 Å². The van der Waals surface area contributed by atoms with Crippen LogP contribution < -0.4 is 30.6 Å². The van der Waals surface area contributed by atoms with Gasteiger partial charge in [-0.05, 0) is 85.7 Å².